The molecule has 0 N–H and O–H groups in total. The Morgan fingerprint density at radius 3 is 2.48 bits per heavy atom. The molecule has 0 unspecified atom stereocenters. The van der Waals surface area contributed by atoms with E-state index in [1.165, 1.54) is 0 Å². The number of hydrogen-bond donors (Lipinski definition) is 0. The van der Waals surface area contributed by atoms with Gasteiger partial charge >= 0.3 is 0 Å². The number of benzene rings is 2. The third-order valence-corrected chi connectivity index (χ3v) is 4.52. The van der Waals surface area contributed by atoms with Crippen molar-refractivity contribution in [3.05, 3.63) is 58.9 Å². The fraction of sp³-hybridized carbons (Fsp3) is 0.368. The Hall–Kier alpha value is -2.38. The Bertz CT molecular complexity index is 755. The summed E-state index contributed by atoms with van der Waals surface area (Å²) in [6.07, 6.45) is 0. The highest BCUT2D eigenvalue weighted by Crippen LogP contribution is 2.20. The Morgan fingerprint density at radius 2 is 1.78 bits per heavy atom. The lowest BCUT2D eigenvalue weighted by Gasteiger charge is -2.34. The number of nitrogens with zero attached hydrogens (tertiary/aromatic N) is 3. The van der Waals surface area contributed by atoms with Gasteiger partial charge in [-0.3, -0.25) is 4.79 Å². The first-order chi connectivity index (χ1) is 11.2. The molecule has 1 fully saturated rings. The Balaban J connectivity index is 1.79. The monoisotopic (exact) mass is 307 g/mol. The van der Waals surface area contributed by atoms with E-state index in [2.05, 4.69) is 16.7 Å². The molecule has 118 valence electrons. The summed E-state index contributed by atoms with van der Waals surface area (Å²) in [5.41, 5.74) is 1.77. The molecule has 0 atom stereocenters. The molecular weight excluding hydrogens is 286 g/mol. The first-order valence-electron chi connectivity index (χ1n) is 8.09. The van der Waals surface area contributed by atoms with Gasteiger partial charge in [0.1, 0.15) is 0 Å². The number of carbonyl (C=O) groups is 1. The van der Waals surface area contributed by atoms with Crippen molar-refractivity contribution in [1.29, 1.82) is 0 Å². The standard InChI is InChI=1S/C19H21N3O/c1-3-21-8-10-22(11-9-21)19(23)18-7-6-16-12-15(14-20-2)4-5-17(16)13-18/h4-7,12-13H,3,8-11,14H2,1H3. The third-order valence-electron chi connectivity index (χ3n) is 4.52. The van der Waals surface area contributed by atoms with E-state index in [1.807, 2.05) is 41.3 Å². The molecule has 0 aliphatic carbocycles. The van der Waals surface area contributed by atoms with Crippen LogP contribution in [0.1, 0.15) is 22.8 Å². The van der Waals surface area contributed by atoms with Crippen LogP contribution in [0.3, 0.4) is 0 Å². The molecule has 0 spiro atoms. The number of hydrogen-bond acceptors (Lipinski definition) is 2. The van der Waals surface area contributed by atoms with Crippen LogP contribution in [0.25, 0.3) is 15.6 Å². The number of piperazine rings is 1. The molecule has 0 saturated carbocycles. The summed E-state index contributed by atoms with van der Waals surface area (Å²) < 4.78 is 0. The normalized spacial score (nSPS) is 15.6. The van der Waals surface area contributed by atoms with Gasteiger partial charge in [-0.15, -0.1) is 0 Å². The van der Waals surface area contributed by atoms with E-state index in [-0.39, 0.29) is 5.91 Å². The third kappa shape index (κ3) is 3.35. The molecule has 2 aromatic carbocycles. The molecule has 1 heterocycles. The lowest BCUT2D eigenvalue weighted by Crippen LogP contribution is -2.48. The minimum absolute atomic E-state index is 0.118. The van der Waals surface area contributed by atoms with Gasteiger partial charge in [-0.1, -0.05) is 25.1 Å². The molecule has 23 heavy (non-hydrogen) atoms. The van der Waals surface area contributed by atoms with Crippen molar-refractivity contribution in [3.63, 3.8) is 0 Å². The van der Waals surface area contributed by atoms with Gasteiger partial charge in [0.25, 0.3) is 5.91 Å². The largest absolute Gasteiger partial charge is 0.336 e. The van der Waals surface area contributed by atoms with E-state index < -0.39 is 0 Å². The lowest BCUT2D eigenvalue weighted by atomic mass is 10.0. The summed E-state index contributed by atoms with van der Waals surface area (Å²) in [5.74, 6) is 0.118. The first kappa shape index (κ1) is 15.5. The summed E-state index contributed by atoms with van der Waals surface area (Å²) in [7, 11) is 0. The predicted octanol–water partition coefficient (Wildman–Crippen LogP) is 3.04. The quantitative estimate of drug-likeness (QED) is 0.815. The number of amides is 1. The number of fused-ring (bicyclic) bond motifs is 1. The Morgan fingerprint density at radius 1 is 1.09 bits per heavy atom. The molecular formula is C19H21N3O. The van der Waals surface area contributed by atoms with Gasteiger partial charge in [0.15, 0.2) is 0 Å². The average Bonchev–Trinajstić information content (AvgIpc) is 2.61. The Labute approximate surface area is 137 Å². The lowest BCUT2D eigenvalue weighted by molar-refractivity contribution is 0.0643. The summed E-state index contributed by atoms with van der Waals surface area (Å²) in [6, 6.07) is 11.8. The molecule has 1 amide bonds. The zero-order valence-electron chi connectivity index (χ0n) is 13.5. The van der Waals surface area contributed by atoms with Crippen LogP contribution in [0.15, 0.2) is 36.4 Å². The highest BCUT2D eigenvalue weighted by atomic mass is 16.2. The first-order valence-corrected chi connectivity index (χ1v) is 8.09. The van der Waals surface area contributed by atoms with Crippen LogP contribution in [0.4, 0.5) is 0 Å². The molecule has 4 heteroatoms. The molecule has 1 aliphatic heterocycles. The molecule has 1 aliphatic rings. The second-order valence-electron chi connectivity index (χ2n) is 5.94. The molecule has 0 aromatic heterocycles. The van der Waals surface area contributed by atoms with Gasteiger partial charge in [-0.05, 0) is 35.5 Å². The van der Waals surface area contributed by atoms with Crippen molar-refractivity contribution in [3.8, 4) is 0 Å². The van der Waals surface area contributed by atoms with Crippen molar-refractivity contribution >= 4 is 16.7 Å². The minimum Gasteiger partial charge on any atom is -0.336 e. The summed E-state index contributed by atoms with van der Waals surface area (Å²) >= 11 is 0. The van der Waals surface area contributed by atoms with Crippen LogP contribution < -0.4 is 0 Å². The van der Waals surface area contributed by atoms with Crippen molar-refractivity contribution in [2.45, 2.75) is 13.5 Å². The average molecular weight is 307 g/mol. The molecule has 0 radical (unpaired) electrons. The van der Waals surface area contributed by atoms with Crippen molar-refractivity contribution < 1.29 is 4.79 Å². The molecule has 1 saturated heterocycles. The van der Waals surface area contributed by atoms with E-state index in [0.29, 0.717) is 6.54 Å². The number of rotatable bonds is 3. The van der Waals surface area contributed by atoms with Crippen molar-refractivity contribution in [2.75, 3.05) is 32.7 Å². The molecule has 0 bridgehead atoms. The van der Waals surface area contributed by atoms with Crippen LogP contribution in [-0.2, 0) is 6.54 Å². The molecule has 2 aromatic rings. The van der Waals surface area contributed by atoms with Gasteiger partial charge in [0, 0.05) is 37.3 Å². The smallest absolute Gasteiger partial charge is 0.253 e. The van der Waals surface area contributed by atoms with Crippen LogP contribution >= 0.6 is 0 Å². The summed E-state index contributed by atoms with van der Waals surface area (Å²) in [6.45, 7) is 14.1. The van der Waals surface area contributed by atoms with Gasteiger partial charge in [-0.2, -0.15) is 0 Å². The second kappa shape index (κ2) is 6.80. The van der Waals surface area contributed by atoms with Crippen molar-refractivity contribution in [2.24, 2.45) is 0 Å². The fourth-order valence-electron chi connectivity index (χ4n) is 3.07. The van der Waals surface area contributed by atoms with E-state index in [1.54, 1.807) is 0 Å². The summed E-state index contributed by atoms with van der Waals surface area (Å²) in [5, 5.41) is 2.13. The van der Waals surface area contributed by atoms with Crippen LogP contribution in [0.5, 0.6) is 0 Å². The van der Waals surface area contributed by atoms with Gasteiger partial charge < -0.3 is 14.6 Å². The zero-order valence-corrected chi connectivity index (χ0v) is 13.5. The minimum atomic E-state index is 0.118. The van der Waals surface area contributed by atoms with E-state index in [0.717, 1.165) is 54.6 Å². The van der Waals surface area contributed by atoms with Crippen LogP contribution in [0.2, 0.25) is 0 Å². The van der Waals surface area contributed by atoms with Crippen LogP contribution in [-0.4, -0.2) is 48.4 Å². The number of carbonyl (C=O) groups excluding carboxylic acids is 1. The zero-order chi connectivity index (χ0) is 16.2. The SMILES string of the molecule is [C-]#[N+]Cc1ccc2cc(C(=O)N3CCN(CC)CC3)ccc2c1. The second-order valence-corrected chi connectivity index (χ2v) is 5.94. The molecule has 4 nitrogen and oxygen atoms in total. The van der Waals surface area contributed by atoms with Crippen molar-refractivity contribution in [1.82, 2.24) is 9.80 Å². The fourth-order valence-corrected chi connectivity index (χ4v) is 3.07. The highest BCUT2D eigenvalue weighted by molar-refractivity contribution is 5.98. The van der Waals surface area contributed by atoms with E-state index in [9.17, 15) is 4.79 Å². The highest BCUT2D eigenvalue weighted by Gasteiger charge is 2.21. The van der Waals surface area contributed by atoms with E-state index >= 15 is 0 Å². The topological polar surface area (TPSA) is 27.9 Å². The maximum Gasteiger partial charge on any atom is 0.253 e. The maximum atomic E-state index is 12.7. The van der Waals surface area contributed by atoms with Gasteiger partial charge in [0.05, 0.1) is 0 Å². The van der Waals surface area contributed by atoms with E-state index in [4.69, 9.17) is 6.57 Å². The summed E-state index contributed by atoms with van der Waals surface area (Å²) in [4.78, 5) is 20.4. The number of likely N-dealkylation sites (N-methyl/N-ethyl adjacent to an activating group) is 1. The Kier molecular flexibility index (Phi) is 4.59. The predicted molar refractivity (Wildman–Crippen MR) is 92.3 cm³/mol. The molecule has 3 rings (SSSR count). The van der Waals surface area contributed by atoms with Gasteiger partial charge in [0.2, 0.25) is 6.54 Å². The maximum absolute atomic E-state index is 12.7. The van der Waals surface area contributed by atoms with Gasteiger partial charge in [-0.25, -0.2) is 6.57 Å². The van der Waals surface area contributed by atoms with Crippen LogP contribution in [0, 0.1) is 6.57 Å².